The van der Waals surface area contributed by atoms with Crippen molar-refractivity contribution in [1.82, 2.24) is 25.8 Å². The molecule has 2 saturated heterocycles. The Labute approximate surface area is 229 Å². The third-order valence-electron chi connectivity index (χ3n) is 7.88. The number of carboxylic acid groups (broad SMARTS) is 1. The first-order valence-corrected chi connectivity index (χ1v) is 13.9. The second-order valence-corrected chi connectivity index (χ2v) is 10.5. The van der Waals surface area contributed by atoms with Crippen LogP contribution in [0.25, 0.3) is 0 Å². The summed E-state index contributed by atoms with van der Waals surface area (Å²) in [6.07, 6.45) is 3.34. The Balaban J connectivity index is 2.04. The number of nitrogens with zero attached hydrogens (tertiary/aromatic N) is 2. The van der Waals surface area contributed by atoms with E-state index in [4.69, 9.17) is 5.73 Å². The van der Waals surface area contributed by atoms with Crippen LogP contribution in [0.3, 0.4) is 0 Å². The van der Waals surface area contributed by atoms with Gasteiger partial charge in [0.25, 0.3) is 0 Å². The van der Waals surface area contributed by atoms with E-state index in [2.05, 4.69) is 16.0 Å². The van der Waals surface area contributed by atoms with Crippen molar-refractivity contribution >= 4 is 35.5 Å². The number of aliphatic carboxylic acids is 1. The van der Waals surface area contributed by atoms with Crippen LogP contribution in [0.4, 0.5) is 0 Å². The Morgan fingerprint density at radius 2 is 1.44 bits per heavy atom. The van der Waals surface area contributed by atoms with Crippen LogP contribution in [0.1, 0.15) is 66.2 Å². The van der Waals surface area contributed by atoms with E-state index < -0.39 is 54.4 Å². The van der Waals surface area contributed by atoms with Gasteiger partial charge in [0.15, 0.2) is 0 Å². The van der Waals surface area contributed by atoms with Crippen LogP contribution in [-0.2, 0) is 28.8 Å². The zero-order valence-corrected chi connectivity index (χ0v) is 23.4. The van der Waals surface area contributed by atoms with Crippen molar-refractivity contribution < 1.29 is 33.9 Å². The van der Waals surface area contributed by atoms with Crippen molar-refractivity contribution in [2.45, 2.75) is 90.4 Å². The van der Waals surface area contributed by atoms with Gasteiger partial charge in [0, 0.05) is 13.1 Å². The average Bonchev–Trinajstić information content (AvgIpc) is 3.61. The molecule has 0 aromatic carbocycles. The Hall–Kier alpha value is -3.22. The highest BCUT2D eigenvalue weighted by atomic mass is 16.4. The number of carboxylic acids is 1. The topological polar surface area (TPSA) is 191 Å². The Bertz CT molecular complexity index is 928. The molecule has 2 fully saturated rings. The van der Waals surface area contributed by atoms with E-state index in [1.165, 1.54) is 9.80 Å². The molecular weight excluding hydrogens is 508 g/mol. The minimum Gasteiger partial charge on any atom is -0.480 e. The number of rotatable bonds is 13. The van der Waals surface area contributed by atoms with E-state index >= 15 is 0 Å². The standard InChI is InChI=1S/C26H44N6O7/c1-5-15(3)21(24(36)28-14-19(33)29-22(26(38)39)16(4)6-2)30-23(35)17-9-7-12-32(17)25(37)18-10-8-11-31(18)20(34)13-27/h15-18,21-22H,5-14,27H2,1-4H3,(H,28,36)(H,29,33)(H,30,35)(H,38,39)/t15-,16-,17-,18-,21-,22-/m0/s1. The molecule has 2 heterocycles. The SMILES string of the molecule is CC[C@H](C)[C@H](NC(=O)CNC(=O)[C@@H](NC(=O)[C@@H]1CCCN1C(=O)[C@@H]1CCCN1C(=O)CN)[C@@H](C)CC)C(=O)O. The molecule has 39 heavy (non-hydrogen) atoms. The molecule has 0 radical (unpaired) electrons. The molecule has 2 aliphatic rings. The highest BCUT2D eigenvalue weighted by molar-refractivity contribution is 5.96. The molecule has 0 saturated carbocycles. The van der Waals surface area contributed by atoms with Crippen molar-refractivity contribution in [2.24, 2.45) is 17.6 Å². The fraction of sp³-hybridized carbons (Fsp3) is 0.769. The van der Waals surface area contributed by atoms with Gasteiger partial charge in [0.1, 0.15) is 24.2 Å². The molecule has 6 N–H and O–H groups in total. The van der Waals surface area contributed by atoms with Gasteiger partial charge >= 0.3 is 5.97 Å². The monoisotopic (exact) mass is 552 g/mol. The molecule has 6 atom stereocenters. The molecule has 0 aliphatic carbocycles. The number of nitrogens with two attached hydrogens (primary N) is 1. The molecule has 0 unspecified atom stereocenters. The van der Waals surface area contributed by atoms with Crippen LogP contribution >= 0.6 is 0 Å². The van der Waals surface area contributed by atoms with Gasteiger partial charge in [-0.1, -0.05) is 40.5 Å². The fourth-order valence-electron chi connectivity index (χ4n) is 5.07. The molecule has 0 aromatic rings. The summed E-state index contributed by atoms with van der Waals surface area (Å²) in [5.41, 5.74) is 5.50. The normalized spacial score (nSPS) is 22.0. The number of likely N-dealkylation sites (tertiary alicyclic amines) is 2. The first-order chi connectivity index (χ1) is 18.5. The molecule has 0 spiro atoms. The predicted molar refractivity (Wildman–Crippen MR) is 142 cm³/mol. The third-order valence-corrected chi connectivity index (χ3v) is 7.88. The van der Waals surface area contributed by atoms with Crippen molar-refractivity contribution in [3.63, 3.8) is 0 Å². The second-order valence-electron chi connectivity index (χ2n) is 10.5. The van der Waals surface area contributed by atoms with Crippen molar-refractivity contribution in [1.29, 1.82) is 0 Å². The molecule has 2 rings (SSSR count). The summed E-state index contributed by atoms with van der Waals surface area (Å²) in [4.78, 5) is 78.7. The largest absolute Gasteiger partial charge is 0.480 e. The van der Waals surface area contributed by atoms with E-state index in [9.17, 15) is 33.9 Å². The van der Waals surface area contributed by atoms with Gasteiger partial charge in [-0.25, -0.2) is 4.79 Å². The van der Waals surface area contributed by atoms with Gasteiger partial charge in [-0.05, 0) is 37.5 Å². The number of amides is 5. The van der Waals surface area contributed by atoms with Gasteiger partial charge in [0.05, 0.1) is 13.1 Å². The summed E-state index contributed by atoms with van der Waals surface area (Å²) in [5, 5.41) is 17.1. The lowest BCUT2D eigenvalue weighted by Crippen LogP contribution is -2.58. The number of hydrogen-bond acceptors (Lipinski definition) is 7. The lowest BCUT2D eigenvalue weighted by Gasteiger charge is -2.32. The zero-order chi connectivity index (χ0) is 29.3. The minimum atomic E-state index is -1.16. The Morgan fingerprint density at radius 3 is 2.00 bits per heavy atom. The quantitative estimate of drug-likeness (QED) is 0.196. The molecule has 5 amide bonds. The predicted octanol–water partition coefficient (Wildman–Crippen LogP) is -0.810. The molecule has 0 bridgehead atoms. The van der Waals surface area contributed by atoms with Crippen molar-refractivity contribution in [3.8, 4) is 0 Å². The molecule has 0 aromatic heterocycles. The van der Waals surface area contributed by atoms with Crippen LogP contribution < -0.4 is 21.7 Å². The number of carbonyl (C=O) groups excluding carboxylic acids is 5. The highest BCUT2D eigenvalue weighted by Gasteiger charge is 2.42. The maximum absolute atomic E-state index is 13.3. The minimum absolute atomic E-state index is 0.188. The first kappa shape index (κ1) is 32.0. The maximum atomic E-state index is 13.3. The van der Waals surface area contributed by atoms with Gasteiger partial charge in [-0.2, -0.15) is 0 Å². The summed E-state index contributed by atoms with van der Waals surface area (Å²) in [5.74, 6) is -4.01. The summed E-state index contributed by atoms with van der Waals surface area (Å²) in [6.45, 7) is 7.38. The van der Waals surface area contributed by atoms with Crippen molar-refractivity contribution in [3.05, 3.63) is 0 Å². The highest BCUT2D eigenvalue weighted by Crippen LogP contribution is 2.25. The lowest BCUT2D eigenvalue weighted by molar-refractivity contribution is -0.146. The van der Waals surface area contributed by atoms with Gasteiger partial charge in [-0.15, -0.1) is 0 Å². The van der Waals surface area contributed by atoms with Crippen LogP contribution in [-0.4, -0.2) is 101 Å². The number of carbonyl (C=O) groups is 6. The Kier molecular flexibility index (Phi) is 12.1. The molecule has 2 aliphatic heterocycles. The van der Waals surface area contributed by atoms with Gasteiger partial charge in [-0.3, -0.25) is 24.0 Å². The number of hydrogen-bond donors (Lipinski definition) is 5. The van der Waals surface area contributed by atoms with E-state index in [0.29, 0.717) is 51.6 Å². The van der Waals surface area contributed by atoms with E-state index in [0.717, 1.165) is 0 Å². The number of nitrogens with one attached hydrogen (secondary N) is 3. The molecule has 13 heteroatoms. The van der Waals surface area contributed by atoms with Gasteiger partial charge < -0.3 is 36.6 Å². The second kappa shape index (κ2) is 14.8. The third kappa shape index (κ3) is 8.13. The summed E-state index contributed by atoms with van der Waals surface area (Å²) >= 11 is 0. The van der Waals surface area contributed by atoms with Crippen LogP contribution in [0, 0.1) is 11.8 Å². The van der Waals surface area contributed by atoms with Crippen molar-refractivity contribution in [2.75, 3.05) is 26.2 Å². The van der Waals surface area contributed by atoms with E-state index in [1.807, 2.05) is 13.8 Å². The zero-order valence-electron chi connectivity index (χ0n) is 23.4. The fourth-order valence-corrected chi connectivity index (χ4v) is 5.07. The van der Waals surface area contributed by atoms with Gasteiger partial charge in [0.2, 0.25) is 29.5 Å². The van der Waals surface area contributed by atoms with Crippen LogP contribution in [0.5, 0.6) is 0 Å². The Morgan fingerprint density at radius 1 is 0.872 bits per heavy atom. The molecular formula is C26H44N6O7. The molecule has 13 nitrogen and oxygen atoms in total. The van der Waals surface area contributed by atoms with E-state index in [1.54, 1.807) is 13.8 Å². The summed E-state index contributed by atoms with van der Waals surface area (Å²) in [7, 11) is 0. The maximum Gasteiger partial charge on any atom is 0.326 e. The first-order valence-electron chi connectivity index (χ1n) is 13.9. The van der Waals surface area contributed by atoms with Crippen LogP contribution in [0.2, 0.25) is 0 Å². The lowest BCUT2D eigenvalue weighted by atomic mass is 9.97. The summed E-state index contributed by atoms with van der Waals surface area (Å²) < 4.78 is 0. The van der Waals surface area contributed by atoms with E-state index in [-0.39, 0.29) is 30.2 Å². The average molecular weight is 553 g/mol. The smallest absolute Gasteiger partial charge is 0.326 e. The summed E-state index contributed by atoms with van der Waals surface area (Å²) in [6, 6.07) is -3.46. The van der Waals surface area contributed by atoms with Crippen LogP contribution in [0.15, 0.2) is 0 Å². The molecule has 220 valence electrons.